The molecule has 52 valence electrons. The lowest BCUT2D eigenvalue weighted by Crippen LogP contribution is -1.60. The van der Waals surface area contributed by atoms with E-state index in [4.69, 9.17) is 10.00 Å². The molecule has 1 rings (SSSR count). The molecule has 1 aliphatic heterocycles. The second kappa shape index (κ2) is 7.48. The van der Waals surface area contributed by atoms with E-state index in [9.17, 15) is 0 Å². The van der Waals surface area contributed by atoms with Crippen LogP contribution in [0.15, 0.2) is 12.7 Å². The molecule has 0 bridgehead atoms. The SMILES string of the molecule is C=CC#N.CC1CO1.Cl. The number of nitrogens with zero attached hydrogens (tertiary/aromatic N) is 1. The van der Waals surface area contributed by atoms with Crippen LogP contribution in [0.1, 0.15) is 6.92 Å². The van der Waals surface area contributed by atoms with Gasteiger partial charge in [-0.1, -0.05) is 6.58 Å². The largest absolute Gasteiger partial charge is 0.373 e. The number of allylic oxidation sites excluding steroid dienone is 1. The van der Waals surface area contributed by atoms with Crippen LogP contribution in [0.5, 0.6) is 0 Å². The van der Waals surface area contributed by atoms with Crippen LogP contribution in [0.3, 0.4) is 0 Å². The summed E-state index contributed by atoms with van der Waals surface area (Å²) in [4.78, 5) is 0. The molecule has 9 heavy (non-hydrogen) atoms. The van der Waals surface area contributed by atoms with Gasteiger partial charge in [-0.25, -0.2) is 0 Å². The van der Waals surface area contributed by atoms with E-state index in [0.717, 1.165) is 6.61 Å². The van der Waals surface area contributed by atoms with Crippen molar-refractivity contribution < 1.29 is 4.74 Å². The van der Waals surface area contributed by atoms with Crippen molar-refractivity contribution in [2.24, 2.45) is 0 Å². The lowest BCUT2D eigenvalue weighted by Gasteiger charge is -1.50. The number of epoxide rings is 1. The standard InChI is InChI=1S/C3H3N.C3H6O.ClH/c1-2-3-4;1-3-2-4-3;/h2H,1H2;3H,2H2,1H3;1H. The van der Waals surface area contributed by atoms with Crippen LogP contribution >= 0.6 is 12.4 Å². The van der Waals surface area contributed by atoms with Gasteiger partial charge in [-0.3, -0.25) is 0 Å². The molecule has 2 nitrogen and oxygen atoms in total. The molecule has 0 amide bonds. The van der Waals surface area contributed by atoms with Gasteiger partial charge in [-0.2, -0.15) is 5.26 Å². The van der Waals surface area contributed by atoms with Crippen molar-refractivity contribution >= 4 is 12.4 Å². The lowest BCUT2D eigenvalue weighted by atomic mass is 10.6. The molecule has 1 atom stereocenters. The van der Waals surface area contributed by atoms with E-state index in [0.29, 0.717) is 6.10 Å². The lowest BCUT2D eigenvalue weighted by molar-refractivity contribution is 0.423. The van der Waals surface area contributed by atoms with E-state index in [2.05, 4.69) is 13.5 Å². The van der Waals surface area contributed by atoms with Crippen LogP contribution in [-0.4, -0.2) is 12.7 Å². The van der Waals surface area contributed by atoms with Gasteiger partial charge in [0.25, 0.3) is 0 Å². The summed E-state index contributed by atoms with van der Waals surface area (Å²) in [5.41, 5.74) is 0. The third-order valence-corrected chi connectivity index (χ3v) is 0.591. The summed E-state index contributed by atoms with van der Waals surface area (Å²) in [6, 6.07) is 1.69. The maximum absolute atomic E-state index is 7.51. The first-order chi connectivity index (χ1) is 3.81. The van der Waals surface area contributed by atoms with Crippen LogP contribution in [0.4, 0.5) is 0 Å². The van der Waals surface area contributed by atoms with Gasteiger partial charge in [0.2, 0.25) is 0 Å². The third kappa shape index (κ3) is 18.5. The summed E-state index contributed by atoms with van der Waals surface area (Å²) in [5.74, 6) is 0. The van der Waals surface area contributed by atoms with E-state index >= 15 is 0 Å². The molecule has 1 heterocycles. The van der Waals surface area contributed by atoms with Crippen LogP contribution in [0, 0.1) is 11.3 Å². The van der Waals surface area contributed by atoms with Gasteiger partial charge < -0.3 is 4.74 Å². The van der Waals surface area contributed by atoms with Crippen LogP contribution in [0.25, 0.3) is 0 Å². The molecule has 0 aromatic heterocycles. The van der Waals surface area contributed by atoms with Gasteiger partial charge in [0.1, 0.15) is 0 Å². The first-order valence-corrected chi connectivity index (χ1v) is 2.43. The van der Waals surface area contributed by atoms with E-state index in [1.165, 1.54) is 6.08 Å². The summed E-state index contributed by atoms with van der Waals surface area (Å²) in [6.07, 6.45) is 1.76. The normalized spacial score (nSPS) is 19.3. The Hall–Kier alpha value is -0.520. The Morgan fingerprint density at radius 3 is 2.11 bits per heavy atom. The fraction of sp³-hybridized carbons (Fsp3) is 0.500. The summed E-state index contributed by atoms with van der Waals surface area (Å²) < 4.78 is 4.71. The van der Waals surface area contributed by atoms with E-state index in [-0.39, 0.29) is 12.4 Å². The highest BCUT2D eigenvalue weighted by molar-refractivity contribution is 5.85. The van der Waals surface area contributed by atoms with Gasteiger partial charge in [-0.05, 0) is 6.92 Å². The third-order valence-electron chi connectivity index (χ3n) is 0.591. The molecule has 0 aliphatic carbocycles. The van der Waals surface area contributed by atoms with E-state index < -0.39 is 0 Å². The molecule has 1 aliphatic rings. The molecule has 0 aromatic carbocycles. The highest BCUT2D eigenvalue weighted by Crippen LogP contribution is 2.04. The van der Waals surface area contributed by atoms with Crippen molar-refractivity contribution in [3.63, 3.8) is 0 Å². The van der Waals surface area contributed by atoms with Crippen molar-refractivity contribution in [3.8, 4) is 6.07 Å². The van der Waals surface area contributed by atoms with Crippen molar-refractivity contribution in [1.82, 2.24) is 0 Å². The average molecular weight is 148 g/mol. The zero-order valence-corrected chi connectivity index (χ0v) is 6.15. The second-order valence-corrected chi connectivity index (χ2v) is 1.48. The molecule has 0 radical (unpaired) electrons. The zero-order chi connectivity index (χ0) is 6.41. The number of hydrogen-bond acceptors (Lipinski definition) is 2. The van der Waals surface area contributed by atoms with E-state index in [1.807, 2.05) is 0 Å². The van der Waals surface area contributed by atoms with Crippen molar-refractivity contribution in [1.29, 1.82) is 5.26 Å². The highest BCUT2D eigenvalue weighted by atomic mass is 35.5. The Balaban J connectivity index is 0. The van der Waals surface area contributed by atoms with E-state index in [1.54, 1.807) is 6.07 Å². The zero-order valence-electron chi connectivity index (χ0n) is 5.33. The van der Waals surface area contributed by atoms with Crippen LogP contribution in [-0.2, 0) is 4.74 Å². The minimum Gasteiger partial charge on any atom is -0.373 e. The summed E-state index contributed by atoms with van der Waals surface area (Å²) in [7, 11) is 0. The number of nitriles is 1. The molecule has 3 heteroatoms. The molecule has 0 spiro atoms. The monoisotopic (exact) mass is 147 g/mol. The highest BCUT2D eigenvalue weighted by Gasteiger charge is 2.13. The molecule has 1 unspecified atom stereocenters. The smallest absolute Gasteiger partial charge is 0.0905 e. The number of halogens is 1. The minimum atomic E-state index is 0. The van der Waals surface area contributed by atoms with Gasteiger partial charge in [0.05, 0.1) is 18.8 Å². The fourth-order valence-electron chi connectivity index (χ4n) is 0.0962. The predicted octanol–water partition coefficient (Wildman–Crippen LogP) is 1.52. The van der Waals surface area contributed by atoms with Gasteiger partial charge in [0, 0.05) is 6.08 Å². The molecule has 0 saturated carbocycles. The molecule has 1 saturated heterocycles. The first kappa shape index (κ1) is 11.3. The Labute approximate surface area is 61.5 Å². The molecule has 0 N–H and O–H groups in total. The maximum Gasteiger partial charge on any atom is 0.0905 e. The van der Waals surface area contributed by atoms with Gasteiger partial charge in [0.15, 0.2) is 0 Å². The summed E-state index contributed by atoms with van der Waals surface area (Å²) in [5, 5.41) is 7.51. The van der Waals surface area contributed by atoms with Crippen molar-refractivity contribution in [2.45, 2.75) is 13.0 Å². The molecule has 1 fully saturated rings. The summed E-state index contributed by atoms with van der Waals surface area (Å²) >= 11 is 0. The Morgan fingerprint density at radius 1 is 1.89 bits per heavy atom. The molecular formula is C6H10ClNO. The Bertz CT molecular complexity index is 104. The minimum absolute atomic E-state index is 0. The van der Waals surface area contributed by atoms with Gasteiger partial charge >= 0.3 is 0 Å². The second-order valence-electron chi connectivity index (χ2n) is 1.48. The number of hydrogen-bond donors (Lipinski definition) is 0. The Kier molecular flexibility index (Phi) is 9.39. The number of ether oxygens (including phenoxy) is 1. The summed E-state index contributed by atoms with van der Waals surface area (Å²) in [6.45, 7) is 6.16. The fourth-order valence-corrected chi connectivity index (χ4v) is 0.0962. The maximum atomic E-state index is 7.51. The number of rotatable bonds is 0. The topological polar surface area (TPSA) is 36.3 Å². The van der Waals surface area contributed by atoms with Crippen LogP contribution in [0.2, 0.25) is 0 Å². The van der Waals surface area contributed by atoms with Gasteiger partial charge in [-0.15, -0.1) is 12.4 Å². The molecule has 0 aromatic rings. The first-order valence-electron chi connectivity index (χ1n) is 2.43. The van der Waals surface area contributed by atoms with Crippen molar-refractivity contribution in [2.75, 3.05) is 6.61 Å². The Morgan fingerprint density at radius 2 is 2.11 bits per heavy atom. The molecular weight excluding hydrogens is 138 g/mol. The van der Waals surface area contributed by atoms with Crippen molar-refractivity contribution in [3.05, 3.63) is 12.7 Å². The van der Waals surface area contributed by atoms with Crippen LogP contribution < -0.4 is 0 Å². The quantitative estimate of drug-likeness (QED) is 0.385. The predicted molar refractivity (Wildman–Crippen MR) is 38.5 cm³/mol. The average Bonchev–Trinajstić information content (AvgIpc) is 2.52.